The fourth-order valence-electron chi connectivity index (χ4n) is 2.56. The number of thiazole rings is 1. The summed E-state index contributed by atoms with van der Waals surface area (Å²) in [6, 6.07) is 15.9. The summed E-state index contributed by atoms with van der Waals surface area (Å²) in [7, 11) is 0. The lowest BCUT2D eigenvalue weighted by Crippen LogP contribution is -2.29. The fraction of sp³-hybridized carbons (Fsp3) is 0.238. The minimum Gasteiger partial charge on any atom is -0.383 e. The minimum atomic E-state index is -0.0433. The molecule has 0 atom stereocenters. The van der Waals surface area contributed by atoms with Crippen LogP contribution in [0, 0.1) is 13.8 Å². The lowest BCUT2D eigenvalue weighted by molar-refractivity contribution is 0.0952. The Kier molecular flexibility index (Phi) is 6.90. The average Bonchev–Trinajstić information content (AvgIpc) is 3.10. The van der Waals surface area contributed by atoms with Crippen molar-refractivity contribution in [1.29, 1.82) is 0 Å². The van der Waals surface area contributed by atoms with Gasteiger partial charge >= 0.3 is 0 Å². The molecule has 0 radical (unpaired) electrons. The summed E-state index contributed by atoms with van der Waals surface area (Å²) in [5.74, 6) is 0.724. The number of hydrogen-bond donors (Lipinski definition) is 2. The van der Waals surface area contributed by atoms with Gasteiger partial charge in [-0.2, -0.15) is 0 Å². The topological polar surface area (TPSA) is 54.0 Å². The predicted molar refractivity (Wildman–Crippen MR) is 115 cm³/mol. The lowest BCUT2D eigenvalue weighted by atomic mass is 10.2. The number of nitrogens with zero attached hydrogens (tertiary/aromatic N) is 1. The smallest absolute Gasteiger partial charge is 0.252 e. The van der Waals surface area contributed by atoms with Crippen molar-refractivity contribution in [3.63, 3.8) is 0 Å². The van der Waals surface area contributed by atoms with E-state index in [1.807, 2.05) is 43.3 Å². The molecule has 0 saturated carbocycles. The van der Waals surface area contributed by atoms with Crippen LogP contribution < -0.4 is 10.6 Å². The molecule has 1 aromatic heterocycles. The number of nitrogens with one attached hydrogen (secondary N) is 2. The van der Waals surface area contributed by atoms with E-state index in [9.17, 15) is 4.79 Å². The number of rotatable bonds is 8. The van der Waals surface area contributed by atoms with Crippen LogP contribution in [0.15, 0.2) is 58.8 Å². The van der Waals surface area contributed by atoms with Gasteiger partial charge in [0.2, 0.25) is 0 Å². The standard InChI is InChI=1S/C21H23N3OS2/c1-15-7-9-17(10-8-15)22-11-12-23-21(25)19-5-3-4-6-20(19)27-14-18-13-26-16(2)24-18/h3-10,13,22H,11-12,14H2,1-2H3,(H,23,25). The number of aromatic nitrogens is 1. The summed E-state index contributed by atoms with van der Waals surface area (Å²) in [6.07, 6.45) is 0. The third kappa shape index (κ3) is 5.84. The Morgan fingerprint density at radius 1 is 1.07 bits per heavy atom. The zero-order valence-corrected chi connectivity index (χ0v) is 17.1. The van der Waals surface area contributed by atoms with Crippen LogP contribution in [0.2, 0.25) is 0 Å². The molecule has 0 bridgehead atoms. The summed E-state index contributed by atoms with van der Waals surface area (Å²) in [6.45, 7) is 5.32. The summed E-state index contributed by atoms with van der Waals surface area (Å²) >= 11 is 3.30. The molecule has 3 aromatic rings. The molecule has 140 valence electrons. The molecule has 3 rings (SSSR count). The van der Waals surface area contributed by atoms with Gasteiger partial charge in [-0.05, 0) is 38.1 Å². The van der Waals surface area contributed by atoms with Gasteiger partial charge < -0.3 is 10.6 Å². The maximum atomic E-state index is 12.6. The van der Waals surface area contributed by atoms with Crippen molar-refractivity contribution in [2.45, 2.75) is 24.5 Å². The Hall–Kier alpha value is -2.31. The van der Waals surface area contributed by atoms with E-state index in [1.165, 1.54) is 5.56 Å². The minimum absolute atomic E-state index is 0.0433. The van der Waals surface area contributed by atoms with Crippen molar-refractivity contribution in [3.05, 3.63) is 75.7 Å². The summed E-state index contributed by atoms with van der Waals surface area (Å²) < 4.78 is 0. The molecule has 0 unspecified atom stereocenters. The van der Waals surface area contributed by atoms with Gasteiger partial charge in [0.05, 0.1) is 16.3 Å². The molecule has 0 aliphatic carbocycles. The summed E-state index contributed by atoms with van der Waals surface area (Å²) in [5.41, 5.74) is 4.06. The number of amides is 1. The Morgan fingerprint density at radius 3 is 2.59 bits per heavy atom. The van der Waals surface area contributed by atoms with Gasteiger partial charge in [-0.3, -0.25) is 4.79 Å². The van der Waals surface area contributed by atoms with Crippen molar-refractivity contribution < 1.29 is 4.79 Å². The lowest BCUT2D eigenvalue weighted by Gasteiger charge is -2.11. The second-order valence-corrected chi connectivity index (χ2v) is 8.27. The number of carbonyl (C=O) groups is 1. The van der Waals surface area contributed by atoms with Crippen molar-refractivity contribution >= 4 is 34.7 Å². The molecule has 2 N–H and O–H groups in total. The van der Waals surface area contributed by atoms with Crippen molar-refractivity contribution in [3.8, 4) is 0 Å². The molecule has 4 nitrogen and oxygen atoms in total. The van der Waals surface area contributed by atoms with E-state index in [-0.39, 0.29) is 5.91 Å². The molecule has 2 aromatic carbocycles. The van der Waals surface area contributed by atoms with Gasteiger partial charge in [-0.25, -0.2) is 4.98 Å². The molecule has 1 amide bonds. The van der Waals surface area contributed by atoms with Crippen molar-refractivity contribution in [1.82, 2.24) is 10.3 Å². The van der Waals surface area contributed by atoms with Crippen molar-refractivity contribution in [2.24, 2.45) is 0 Å². The number of benzene rings is 2. The largest absolute Gasteiger partial charge is 0.383 e. The molecular formula is C21H23N3OS2. The monoisotopic (exact) mass is 397 g/mol. The second kappa shape index (κ2) is 9.58. The first-order valence-corrected chi connectivity index (χ1v) is 10.7. The zero-order valence-electron chi connectivity index (χ0n) is 15.5. The number of anilines is 1. The molecule has 0 fully saturated rings. The predicted octanol–water partition coefficient (Wildman–Crippen LogP) is 4.89. The first kappa shape index (κ1) is 19.5. The SMILES string of the molecule is Cc1ccc(NCCNC(=O)c2ccccc2SCc2csc(C)n2)cc1. The van der Waals surface area contributed by atoms with Crippen LogP contribution in [0.4, 0.5) is 5.69 Å². The van der Waals surface area contributed by atoms with Gasteiger partial charge in [0.1, 0.15) is 0 Å². The quantitative estimate of drug-likeness (QED) is 0.420. The van der Waals surface area contributed by atoms with E-state index >= 15 is 0 Å². The van der Waals surface area contributed by atoms with Crippen LogP contribution >= 0.6 is 23.1 Å². The van der Waals surface area contributed by atoms with E-state index in [0.29, 0.717) is 18.7 Å². The van der Waals surface area contributed by atoms with Gasteiger partial charge in [-0.1, -0.05) is 29.8 Å². The highest BCUT2D eigenvalue weighted by molar-refractivity contribution is 7.98. The molecule has 0 saturated heterocycles. The van der Waals surface area contributed by atoms with Crippen LogP contribution in [-0.2, 0) is 5.75 Å². The maximum Gasteiger partial charge on any atom is 0.252 e. The van der Waals surface area contributed by atoms with E-state index < -0.39 is 0 Å². The fourth-order valence-corrected chi connectivity index (χ4v) is 4.22. The molecule has 1 heterocycles. The molecular weight excluding hydrogens is 374 g/mol. The molecule has 0 aliphatic heterocycles. The Labute approximate surface area is 168 Å². The third-order valence-electron chi connectivity index (χ3n) is 3.97. The average molecular weight is 398 g/mol. The second-order valence-electron chi connectivity index (χ2n) is 6.19. The van der Waals surface area contributed by atoms with Gasteiger partial charge in [0, 0.05) is 34.8 Å². The van der Waals surface area contributed by atoms with Crippen LogP contribution in [0.1, 0.15) is 26.6 Å². The van der Waals surface area contributed by atoms with E-state index in [4.69, 9.17) is 0 Å². The first-order valence-electron chi connectivity index (χ1n) is 8.83. The molecule has 27 heavy (non-hydrogen) atoms. The maximum absolute atomic E-state index is 12.6. The van der Waals surface area contributed by atoms with E-state index in [1.54, 1.807) is 23.1 Å². The van der Waals surface area contributed by atoms with Crippen molar-refractivity contribution in [2.75, 3.05) is 18.4 Å². The number of hydrogen-bond acceptors (Lipinski definition) is 5. The van der Waals surface area contributed by atoms with E-state index in [2.05, 4.69) is 40.1 Å². The zero-order chi connectivity index (χ0) is 19.1. The molecule has 6 heteroatoms. The highest BCUT2D eigenvalue weighted by Crippen LogP contribution is 2.26. The number of aryl methyl sites for hydroxylation is 2. The van der Waals surface area contributed by atoms with Crippen LogP contribution in [-0.4, -0.2) is 24.0 Å². The van der Waals surface area contributed by atoms with Crippen LogP contribution in [0.5, 0.6) is 0 Å². The van der Waals surface area contributed by atoms with E-state index in [0.717, 1.165) is 27.0 Å². The highest BCUT2D eigenvalue weighted by atomic mass is 32.2. The Morgan fingerprint density at radius 2 is 1.85 bits per heavy atom. The van der Waals surface area contributed by atoms with Crippen LogP contribution in [0.3, 0.4) is 0 Å². The first-order chi connectivity index (χ1) is 13.1. The third-order valence-corrected chi connectivity index (χ3v) is 5.89. The molecule has 0 spiro atoms. The highest BCUT2D eigenvalue weighted by Gasteiger charge is 2.11. The summed E-state index contributed by atoms with van der Waals surface area (Å²) in [5, 5.41) is 9.45. The number of carbonyl (C=O) groups excluding carboxylic acids is 1. The number of thioether (sulfide) groups is 1. The summed E-state index contributed by atoms with van der Waals surface area (Å²) in [4.78, 5) is 18.0. The Bertz CT molecular complexity index is 890. The van der Waals surface area contributed by atoms with Gasteiger partial charge in [0.15, 0.2) is 0 Å². The normalized spacial score (nSPS) is 10.6. The van der Waals surface area contributed by atoms with Crippen LogP contribution in [0.25, 0.3) is 0 Å². The molecule has 0 aliphatic rings. The Balaban J connectivity index is 1.51. The van der Waals surface area contributed by atoms with Gasteiger partial charge in [0.25, 0.3) is 5.91 Å². The van der Waals surface area contributed by atoms with Gasteiger partial charge in [-0.15, -0.1) is 23.1 Å².